The number of aliphatic hydroxyl groups is 1. The smallest absolute Gasteiger partial charge is 0.211 e. The second kappa shape index (κ2) is 4.33. The third kappa shape index (κ3) is 2.72. The summed E-state index contributed by atoms with van der Waals surface area (Å²) < 4.78 is 5.04. The molecular formula is C9H11ClO2. The van der Waals surface area contributed by atoms with Crippen molar-refractivity contribution in [1.29, 1.82) is 0 Å². The number of ether oxygens (including phenoxy) is 1. The first kappa shape index (κ1) is 9.36. The summed E-state index contributed by atoms with van der Waals surface area (Å²) in [7, 11) is 0. The highest BCUT2D eigenvalue weighted by Gasteiger charge is 2.01. The molecule has 1 aromatic carbocycles. The van der Waals surface area contributed by atoms with Crippen molar-refractivity contribution >= 4 is 11.6 Å². The third-order valence-corrected chi connectivity index (χ3v) is 1.69. The Hall–Kier alpha value is -0.730. The Bertz CT molecular complexity index is 233. The molecule has 0 fully saturated rings. The zero-order chi connectivity index (χ0) is 8.97. The van der Waals surface area contributed by atoms with Crippen LogP contribution in [0.25, 0.3) is 0 Å². The molecular weight excluding hydrogens is 176 g/mol. The summed E-state index contributed by atoms with van der Waals surface area (Å²) in [6.07, 6.45) is -0.922. The molecule has 0 aliphatic heterocycles. The number of hydrogen-bond acceptors (Lipinski definition) is 2. The fourth-order valence-corrected chi connectivity index (χ4v) is 0.868. The molecule has 0 spiro atoms. The summed E-state index contributed by atoms with van der Waals surface area (Å²) in [5.41, 5.74) is 1.16. The molecule has 0 saturated carbocycles. The van der Waals surface area contributed by atoms with Gasteiger partial charge in [0.05, 0.1) is 5.88 Å². The largest absolute Gasteiger partial charge is 0.464 e. The zero-order valence-corrected chi connectivity index (χ0v) is 7.58. The van der Waals surface area contributed by atoms with Gasteiger partial charge in [0.1, 0.15) is 5.75 Å². The lowest BCUT2D eigenvalue weighted by Crippen LogP contribution is -2.16. The van der Waals surface area contributed by atoms with Crippen molar-refractivity contribution in [2.75, 3.05) is 5.88 Å². The Labute approximate surface area is 76.7 Å². The minimum atomic E-state index is -0.922. The quantitative estimate of drug-likeness (QED) is 0.578. The van der Waals surface area contributed by atoms with Crippen LogP contribution >= 0.6 is 11.6 Å². The zero-order valence-electron chi connectivity index (χ0n) is 6.83. The van der Waals surface area contributed by atoms with Gasteiger partial charge in [0, 0.05) is 0 Å². The van der Waals surface area contributed by atoms with Gasteiger partial charge < -0.3 is 9.84 Å². The van der Waals surface area contributed by atoms with Crippen LogP contribution in [-0.4, -0.2) is 17.3 Å². The highest BCUT2D eigenvalue weighted by Crippen LogP contribution is 2.12. The monoisotopic (exact) mass is 186 g/mol. The normalized spacial score (nSPS) is 12.6. The van der Waals surface area contributed by atoms with E-state index < -0.39 is 6.29 Å². The summed E-state index contributed by atoms with van der Waals surface area (Å²) in [6.45, 7) is 1.99. The molecule has 2 nitrogen and oxygen atoms in total. The molecule has 1 atom stereocenters. The highest BCUT2D eigenvalue weighted by atomic mass is 35.5. The molecule has 0 radical (unpaired) electrons. The van der Waals surface area contributed by atoms with Crippen LogP contribution < -0.4 is 4.74 Å². The van der Waals surface area contributed by atoms with Gasteiger partial charge in [0.25, 0.3) is 0 Å². The third-order valence-electron chi connectivity index (χ3n) is 1.43. The Morgan fingerprint density at radius 3 is 2.50 bits per heavy atom. The lowest BCUT2D eigenvalue weighted by molar-refractivity contribution is 0.00270. The second-order valence-electron chi connectivity index (χ2n) is 2.54. The van der Waals surface area contributed by atoms with Crippen molar-refractivity contribution in [3.8, 4) is 5.75 Å². The van der Waals surface area contributed by atoms with E-state index in [1.54, 1.807) is 12.1 Å². The maximum absolute atomic E-state index is 9.03. The molecule has 1 N–H and O–H groups in total. The van der Waals surface area contributed by atoms with Gasteiger partial charge in [-0.1, -0.05) is 17.7 Å². The molecule has 0 amide bonds. The van der Waals surface area contributed by atoms with E-state index in [2.05, 4.69) is 0 Å². The molecule has 0 aromatic heterocycles. The first-order valence-electron chi connectivity index (χ1n) is 3.69. The highest BCUT2D eigenvalue weighted by molar-refractivity contribution is 6.18. The Balaban J connectivity index is 2.58. The van der Waals surface area contributed by atoms with E-state index in [1.165, 1.54) is 0 Å². The molecule has 0 heterocycles. The summed E-state index contributed by atoms with van der Waals surface area (Å²) in [6, 6.07) is 7.42. The number of aliphatic hydroxyl groups excluding tert-OH is 1. The molecule has 0 aliphatic carbocycles. The van der Waals surface area contributed by atoms with Crippen molar-refractivity contribution in [3.05, 3.63) is 29.8 Å². The van der Waals surface area contributed by atoms with E-state index in [1.807, 2.05) is 19.1 Å². The van der Waals surface area contributed by atoms with Gasteiger partial charge in [-0.25, -0.2) is 0 Å². The average molecular weight is 187 g/mol. The summed E-state index contributed by atoms with van der Waals surface area (Å²) in [4.78, 5) is 0. The topological polar surface area (TPSA) is 29.5 Å². The molecule has 0 aliphatic rings. The Morgan fingerprint density at radius 1 is 1.42 bits per heavy atom. The van der Waals surface area contributed by atoms with Gasteiger partial charge >= 0.3 is 0 Å². The molecule has 1 unspecified atom stereocenters. The molecule has 1 rings (SSSR count). The van der Waals surface area contributed by atoms with Crippen molar-refractivity contribution in [2.45, 2.75) is 13.2 Å². The van der Waals surface area contributed by atoms with Crippen LogP contribution in [0.15, 0.2) is 24.3 Å². The van der Waals surface area contributed by atoms with Crippen LogP contribution in [0.2, 0.25) is 0 Å². The molecule has 0 saturated heterocycles. The van der Waals surface area contributed by atoms with Gasteiger partial charge in [0.15, 0.2) is 0 Å². The van der Waals surface area contributed by atoms with E-state index in [0.29, 0.717) is 5.75 Å². The Kier molecular flexibility index (Phi) is 3.38. The molecule has 0 bridgehead atoms. The van der Waals surface area contributed by atoms with E-state index in [4.69, 9.17) is 21.4 Å². The van der Waals surface area contributed by atoms with Crippen molar-refractivity contribution in [1.82, 2.24) is 0 Å². The van der Waals surface area contributed by atoms with Crippen LogP contribution in [0.4, 0.5) is 0 Å². The van der Waals surface area contributed by atoms with Gasteiger partial charge in [-0.05, 0) is 19.1 Å². The van der Waals surface area contributed by atoms with Crippen molar-refractivity contribution < 1.29 is 9.84 Å². The molecule has 66 valence electrons. The van der Waals surface area contributed by atoms with E-state index >= 15 is 0 Å². The number of aryl methyl sites for hydroxylation is 1. The fraction of sp³-hybridized carbons (Fsp3) is 0.333. The van der Waals surface area contributed by atoms with E-state index in [9.17, 15) is 0 Å². The standard InChI is InChI=1S/C9H11ClO2/c1-7-2-4-8(5-3-7)12-9(11)6-10/h2-5,9,11H,6H2,1H3. The van der Waals surface area contributed by atoms with Crippen molar-refractivity contribution in [3.63, 3.8) is 0 Å². The SMILES string of the molecule is Cc1ccc(OC(O)CCl)cc1. The van der Waals surface area contributed by atoms with Crippen LogP contribution in [-0.2, 0) is 0 Å². The fourth-order valence-electron chi connectivity index (χ4n) is 0.805. The maximum atomic E-state index is 9.03. The van der Waals surface area contributed by atoms with Gasteiger partial charge in [-0.3, -0.25) is 0 Å². The molecule has 3 heteroatoms. The van der Waals surface area contributed by atoms with Crippen LogP contribution in [0.1, 0.15) is 5.56 Å². The first-order valence-corrected chi connectivity index (χ1v) is 4.23. The van der Waals surface area contributed by atoms with Gasteiger partial charge in [-0.2, -0.15) is 0 Å². The lowest BCUT2D eigenvalue weighted by atomic mass is 10.2. The van der Waals surface area contributed by atoms with Gasteiger partial charge in [-0.15, -0.1) is 11.6 Å². The predicted octanol–water partition coefficient (Wildman–Crippen LogP) is 1.93. The minimum Gasteiger partial charge on any atom is -0.464 e. The minimum absolute atomic E-state index is 0.0773. The maximum Gasteiger partial charge on any atom is 0.211 e. The first-order chi connectivity index (χ1) is 5.72. The van der Waals surface area contributed by atoms with Crippen LogP contribution in [0.3, 0.4) is 0 Å². The van der Waals surface area contributed by atoms with Gasteiger partial charge in [0.2, 0.25) is 6.29 Å². The predicted molar refractivity (Wildman–Crippen MR) is 48.5 cm³/mol. The second-order valence-corrected chi connectivity index (χ2v) is 2.85. The van der Waals surface area contributed by atoms with E-state index in [0.717, 1.165) is 5.56 Å². The number of benzene rings is 1. The number of alkyl halides is 1. The van der Waals surface area contributed by atoms with Crippen LogP contribution in [0, 0.1) is 6.92 Å². The summed E-state index contributed by atoms with van der Waals surface area (Å²) in [5, 5.41) is 9.03. The number of halogens is 1. The molecule has 12 heavy (non-hydrogen) atoms. The number of rotatable bonds is 3. The summed E-state index contributed by atoms with van der Waals surface area (Å²) >= 11 is 5.36. The van der Waals surface area contributed by atoms with Crippen molar-refractivity contribution in [2.24, 2.45) is 0 Å². The number of hydrogen-bond donors (Lipinski definition) is 1. The van der Waals surface area contributed by atoms with E-state index in [-0.39, 0.29) is 5.88 Å². The Morgan fingerprint density at radius 2 is 2.00 bits per heavy atom. The molecule has 1 aromatic rings. The average Bonchev–Trinajstić information content (AvgIpc) is 2.09. The lowest BCUT2D eigenvalue weighted by Gasteiger charge is -2.09. The summed E-state index contributed by atoms with van der Waals surface area (Å²) in [5.74, 6) is 0.710. The van der Waals surface area contributed by atoms with Crippen LogP contribution in [0.5, 0.6) is 5.75 Å².